The van der Waals surface area contributed by atoms with E-state index in [0.29, 0.717) is 0 Å². The minimum atomic E-state index is -2.03. The van der Waals surface area contributed by atoms with E-state index < -0.39 is 26.4 Å². The van der Waals surface area contributed by atoms with E-state index in [1.807, 2.05) is 13.1 Å². The van der Waals surface area contributed by atoms with Crippen molar-refractivity contribution >= 4 is 14.3 Å². The van der Waals surface area contributed by atoms with Crippen LogP contribution in [0.1, 0.15) is 20.8 Å². The Balaban J connectivity index is 4.80. The van der Waals surface area contributed by atoms with Crippen LogP contribution in [0.5, 0.6) is 0 Å². The zero-order valence-corrected chi connectivity index (χ0v) is 13.4. The molecular formula is C11H23N3O4Si. The molecule has 0 spiro atoms. The SMILES string of the molecule is COC(=O)[C@@H](O)[C@@H](CO[Si](C)(C)C(C)(C)C)N=[N+]=[N-]. The van der Waals surface area contributed by atoms with E-state index in [-0.39, 0.29) is 11.6 Å². The molecule has 19 heavy (non-hydrogen) atoms. The molecule has 0 unspecified atom stereocenters. The molecule has 110 valence electrons. The Morgan fingerprint density at radius 3 is 2.37 bits per heavy atom. The van der Waals surface area contributed by atoms with Gasteiger partial charge in [0, 0.05) is 11.5 Å². The maximum absolute atomic E-state index is 11.2. The molecule has 0 heterocycles. The van der Waals surface area contributed by atoms with E-state index in [1.165, 1.54) is 0 Å². The van der Waals surface area contributed by atoms with E-state index in [0.717, 1.165) is 7.11 Å². The number of methoxy groups -OCH3 is 1. The average Bonchev–Trinajstić information content (AvgIpc) is 2.31. The maximum Gasteiger partial charge on any atom is 0.335 e. The number of azide groups is 1. The molecule has 0 aromatic carbocycles. The van der Waals surface area contributed by atoms with Crippen LogP contribution in [0, 0.1) is 0 Å². The molecule has 0 aromatic heterocycles. The number of aliphatic hydroxyl groups is 1. The van der Waals surface area contributed by atoms with Gasteiger partial charge in [-0.05, 0) is 23.7 Å². The summed E-state index contributed by atoms with van der Waals surface area (Å²) in [7, 11) is -0.874. The normalized spacial score (nSPS) is 15.3. The zero-order valence-electron chi connectivity index (χ0n) is 12.4. The topological polar surface area (TPSA) is 105 Å². The summed E-state index contributed by atoms with van der Waals surface area (Å²) in [6, 6.07) is -0.980. The summed E-state index contributed by atoms with van der Waals surface area (Å²) in [5.41, 5.74) is 8.48. The Kier molecular flexibility index (Phi) is 6.51. The molecule has 0 saturated carbocycles. The molecule has 0 rings (SSSR count). The number of carbonyl (C=O) groups is 1. The van der Waals surface area contributed by atoms with Crippen LogP contribution in [0.3, 0.4) is 0 Å². The lowest BCUT2D eigenvalue weighted by Gasteiger charge is -2.37. The first-order chi connectivity index (χ1) is 8.56. The molecule has 0 radical (unpaired) electrons. The summed E-state index contributed by atoms with van der Waals surface area (Å²) < 4.78 is 10.3. The highest BCUT2D eigenvalue weighted by Gasteiger charge is 2.38. The van der Waals surface area contributed by atoms with Gasteiger partial charge in [0.05, 0.1) is 13.2 Å². The molecular weight excluding hydrogens is 266 g/mol. The van der Waals surface area contributed by atoms with Crippen molar-refractivity contribution in [2.24, 2.45) is 5.11 Å². The van der Waals surface area contributed by atoms with Gasteiger partial charge in [0.1, 0.15) is 0 Å². The van der Waals surface area contributed by atoms with Crippen molar-refractivity contribution in [1.82, 2.24) is 0 Å². The van der Waals surface area contributed by atoms with Crippen molar-refractivity contribution in [1.29, 1.82) is 0 Å². The second-order valence-corrected chi connectivity index (χ2v) is 10.6. The number of rotatable bonds is 6. The van der Waals surface area contributed by atoms with Gasteiger partial charge < -0.3 is 14.3 Å². The number of hydrogen-bond acceptors (Lipinski definition) is 5. The molecule has 0 aliphatic carbocycles. The molecule has 0 amide bonds. The number of hydrogen-bond donors (Lipinski definition) is 1. The third kappa shape index (κ3) is 5.20. The quantitative estimate of drug-likeness (QED) is 0.266. The Hall–Kier alpha value is -1.08. The number of ether oxygens (including phenoxy) is 1. The Labute approximate surface area is 114 Å². The van der Waals surface area contributed by atoms with Crippen LogP contribution in [0.25, 0.3) is 10.4 Å². The van der Waals surface area contributed by atoms with Crippen LogP contribution >= 0.6 is 0 Å². The zero-order chi connectivity index (χ0) is 15.3. The Morgan fingerprint density at radius 1 is 1.47 bits per heavy atom. The van der Waals surface area contributed by atoms with Gasteiger partial charge in [-0.1, -0.05) is 25.9 Å². The number of nitrogens with zero attached hydrogens (tertiary/aromatic N) is 3. The monoisotopic (exact) mass is 289 g/mol. The van der Waals surface area contributed by atoms with Crippen molar-refractivity contribution in [2.45, 2.75) is 51.0 Å². The molecule has 0 fully saturated rings. The fourth-order valence-corrected chi connectivity index (χ4v) is 2.06. The smallest absolute Gasteiger partial charge is 0.335 e. The highest BCUT2D eigenvalue weighted by molar-refractivity contribution is 6.74. The minimum Gasteiger partial charge on any atom is -0.467 e. The summed E-state index contributed by atoms with van der Waals surface area (Å²) in [5, 5.41) is 13.1. The highest BCUT2D eigenvalue weighted by atomic mass is 28.4. The van der Waals surface area contributed by atoms with Gasteiger partial charge in [0.15, 0.2) is 14.4 Å². The van der Waals surface area contributed by atoms with Crippen LogP contribution in [0.2, 0.25) is 18.1 Å². The number of carbonyl (C=O) groups excluding carboxylic acids is 1. The van der Waals surface area contributed by atoms with E-state index in [2.05, 4.69) is 35.5 Å². The summed E-state index contributed by atoms with van der Waals surface area (Å²) in [6.45, 7) is 10.3. The van der Waals surface area contributed by atoms with Gasteiger partial charge >= 0.3 is 5.97 Å². The second-order valence-electron chi connectivity index (χ2n) is 5.81. The first-order valence-electron chi connectivity index (χ1n) is 6.01. The Bertz CT molecular complexity index is 361. The number of esters is 1. The molecule has 0 aliphatic heterocycles. The van der Waals surface area contributed by atoms with E-state index in [4.69, 9.17) is 9.96 Å². The van der Waals surface area contributed by atoms with Gasteiger partial charge in [0.2, 0.25) is 0 Å². The van der Waals surface area contributed by atoms with Crippen molar-refractivity contribution in [3.8, 4) is 0 Å². The molecule has 0 saturated heterocycles. The van der Waals surface area contributed by atoms with Gasteiger partial charge in [-0.3, -0.25) is 0 Å². The molecule has 0 bridgehead atoms. The van der Waals surface area contributed by atoms with Gasteiger partial charge in [-0.2, -0.15) is 0 Å². The lowest BCUT2D eigenvalue weighted by molar-refractivity contribution is -0.151. The van der Waals surface area contributed by atoms with Crippen LogP contribution in [0.15, 0.2) is 5.11 Å². The second kappa shape index (κ2) is 6.90. The lowest BCUT2D eigenvalue weighted by Crippen LogP contribution is -2.45. The predicted octanol–water partition coefficient (Wildman–Crippen LogP) is 2.22. The van der Waals surface area contributed by atoms with Crippen LogP contribution in [-0.4, -0.2) is 45.3 Å². The average molecular weight is 289 g/mol. The van der Waals surface area contributed by atoms with Crippen molar-refractivity contribution in [3.05, 3.63) is 10.4 Å². The van der Waals surface area contributed by atoms with Crippen molar-refractivity contribution in [2.75, 3.05) is 13.7 Å². The first kappa shape index (κ1) is 17.9. The summed E-state index contributed by atoms with van der Waals surface area (Å²) in [4.78, 5) is 13.9. The fraction of sp³-hybridized carbons (Fsp3) is 0.909. The molecule has 7 nitrogen and oxygen atoms in total. The van der Waals surface area contributed by atoms with Crippen LogP contribution in [0.4, 0.5) is 0 Å². The van der Waals surface area contributed by atoms with Crippen molar-refractivity contribution in [3.63, 3.8) is 0 Å². The van der Waals surface area contributed by atoms with Crippen LogP contribution < -0.4 is 0 Å². The third-order valence-corrected chi connectivity index (χ3v) is 7.93. The lowest BCUT2D eigenvalue weighted by atomic mass is 10.2. The minimum absolute atomic E-state index is 0.00316. The fourth-order valence-electron chi connectivity index (χ4n) is 1.04. The van der Waals surface area contributed by atoms with Crippen molar-refractivity contribution < 1.29 is 19.1 Å². The maximum atomic E-state index is 11.2. The molecule has 2 atom stereocenters. The molecule has 0 aromatic rings. The summed E-state index contributed by atoms with van der Waals surface area (Å²) in [6.07, 6.45) is -1.51. The highest BCUT2D eigenvalue weighted by Crippen LogP contribution is 2.36. The summed E-state index contributed by atoms with van der Waals surface area (Å²) >= 11 is 0. The predicted molar refractivity (Wildman–Crippen MR) is 74.1 cm³/mol. The third-order valence-electron chi connectivity index (χ3n) is 3.43. The first-order valence-corrected chi connectivity index (χ1v) is 8.91. The van der Waals surface area contributed by atoms with Gasteiger partial charge in [0.25, 0.3) is 0 Å². The largest absolute Gasteiger partial charge is 0.467 e. The molecule has 8 heteroatoms. The van der Waals surface area contributed by atoms with Gasteiger partial charge in [-0.15, -0.1) is 0 Å². The van der Waals surface area contributed by atoms with Crippen LogP contribution in [-0.2, 0) is 14.0 Å². The van der Waals surface area contributed by atoms with E-state index >= 15 is 0 Å². The Morgan fingerprint density at radius 2 is 2.00 bits per heavy atom. The molecule has 1 N–H and O–H groups in total. The van der Waals surface area contributed by atoms with E-state index in [1.54, 1.807) is 0 Å². The standard InChI is InChI=1S/C11H23N3O4Si/c1-11(2,3)19(5,6)18-7-8(13-14-12)9(15)10(16)17-4/h8-9,15H,7H2,1-6H3/t8-,9+/m1/s1. The number of aliphatic hydroxyl groups excluding tert-OH is 1. The van der Waals surface area contributed by atoms with Gasteiger partial charge in [-0.25, -0.2) is 4.79 Å². The van der Waals surface area contributed by atoms with E-state index in [9.17, 15) is 9.90 Å². The summed E-state index contributed by atoms with van der Waals surface area (Å²) in [5.74, 6) is -0.837. The molecule has 0 aliphatic rings.